The van der Waals surface area contributed by atoms with Gasteiger partial charge < -0.3 is 15.6 Å². The van der Waals surface area contributed by atoms with Crippen molar-refractivity contribution in [3.63, 3.8) is 0 Å². The number of carbonyl (C=O) groups is 1. The van der Waals surface area contributed by atoms with E-state index in [1.165, 1.54) is 0 Å². The molecule has 0 radical (unpaired) electrons. The molecule has 70 valence electrons. The van der Waals surface area contributed by atoms with Crippen molar-refractivity contribution >= 4 is 6.16 Å². The SMILES string of the molecule is NC[C@H]1CC[C@H](OC(=O)O)CC1. The quantitative estimate of drug-likeness (QED) is 0.615. The highest BCUT2D eigenvalue weighted by Crippen LogP contribution is 2.25. The Hall–Kier alpha value is -0.770. The van der Waals surface area contributed by atoms with Gasteiger partial charge in [0.15, 0.2) is 0 Å². The Morgan fingerprint density at radius 2 is 2.00 bits per heavy atom. The summed E-state index contributed by atoms with van der Waals surface area (Å²) in [7, 11) is 0. The number of hydrogen-bond acceptors (Lipinski definition) is 3. The van der Waals surface area contributed by atoms with Crippen LogP contribution in [0.15, 0.2) is 0 Å². The van der Waals surface area contributed by atoms with Gasteiger partial charge in [0.2, 0.25) is 0 Å². The van der Waals surface area contributed by atoms with Crippen LogP contribution in [0.3, 0.4) is 0 Å². The maximum Gasteiger partial charge on any atom is 0.506 e. The lowest BCUT2D eigenvalue weighted by atomic mass is 9.87. The zero-order valence-electron chi connectivity index (χ0n) is 7.03. The van der Waals surface area contributed by atoms with Crippen molar-refractivity contribution in [1.82, 2.24) is 0 Å². The summed E-state index contributed by atoms with van der Waals surface area (Å²) in [6.45, 7) is 0.708. The lowest BCUT2D eigenvalue weighted by Gasteiger charge is -2.26. The molecular weight excluding hydrogens is 158 g/mol. The smallest absolute Gasteiger partial charge is 0.450 e. The predicted molar refractivity (Wildman–Crippen MR) is 43.9 cm³/mol. The largest absolute Gasteiger partial charge is 0.506 e. The highest BCUT2D eigenvalue weighted by Gasteiger charge is 2.22. The summed E-state index contributed by atoms with van der Waals surface area (Å²) in [5.74, 6) is 0.568. The molecule has 4 heteroatoms. The molecule has 1 fully saturated rings. The van der Waals surface area contributed by atoms with E-state index < -0.39 is 6.16 Å². The van der Waals surface area contributed by atoms with Crippen LogP contribution in [-0.4, -0.2) is 23.9 Å². The van der Waals surface area contributed by atoms with Crippen LogP contribution in [0.5, 0.6) is 0 Å². The first-order valence-electron chi connectivity index (χ1n) is 4.32. The van der Waals surface area contributed by atoms with Crippen LogP contribution in [0.25, 0.3) is 0 Å². The molecule has 0 amide bonds. The summed E-state index contributed by atoms with van der Waals surface area (Å²) in [4.78, 5) is 10.2. The molecule has 0 bridgehead atoms. The minimum absolute atomic E-state index is 0.0923. The third-order valence-electron chi connectivity index (χ3n) is 2.39. The Labute approximate surface area is 71.7 Å². The van der Waals surface area contributed by atoms with Crippen LogP contribution >= 0.6 is 0 Å². The van der Waals surface area contributed by atoms with Crippen molar-refractivity contribution < 1.29 is 14.6 Å². The van der Waals surface area contributed by atoms with E-state index in [-0.39, 0.29) is 6.10 Å². The molecule has 12 heavy (non-hydrogen) atoms. The highest BCUT2D eigenvalue weighted by molar-refractivity contribution is 5.57. The van der Waals surface area contributed by atoms with Crippen LogP contribution in [0.2, 0.25) is 0 Å². The monoisotopic (exact) mass is 173 g/mol. The Morgan fingerprint density at radius 1 is 1.42 bits per heavy atom. The Balaban J connectivity index is 2.21. The summed E-state index contributed by atoms with van der Waals surface area (Å²) < 4.78 is 4.66. The number of hydrogen-bond donors (Lipinski definition) is 2. The van der Waals surface area contributed by atoms with Gasteiger partial charge in [-0.2, -0.15) is 0 Å². The number of ether oxygens (including phenoxy) is 1. The van der Waals surface area contributed by atoms with Gasteiger partial charge in [-0.15, -0.1) is 0 Å². The average molecular weight is 173 g/mol. The van der Waals surface area contributed by atoms with Gasteiger partial charge in [-0.3, -0.25) is 0 Å². The first kappa shape index (κ1) is 9.32. The zero-order chi connectivity index (χ0) is 8.97. The molecule has 0 unspecified atom stereocenters. The predicted octanol–water partition coefficient (Wildman–Crippen LogP) is 1.20. The summed E-state index contributed by atoms with van der Waals surface area (Å²) in [5.41, 5.74) is 5.49. The Morgan fingerprint density at radius 3 is 2.42 bits per heavy atom. The van der Waals surface area contributed by atoms with Crippen molar-refractivity contribution in [2.45, 2.75) is 31.8 Å². The first-order chi connectivity index (χ1) is 5.72. The molecule has 0 aliphatic heterocycles. The molecule has 0 aromatic carbocycles. The minimum Gasteiger partial charge on any atom is -0.450 e. The van der Waals surface area contributed by atoms with E-state index in [4.69, 9.17) is 10.8 Å². The topological polar surface area (TPSA) is 72.5 Å². The van der Waals surface area contributed by atoms with Gasteiger partial charge >= 0.3 is 6.16 Å². The van der Waals surface area contributed by atoms with E-state index in [9.17, 15) is 4.79 Å². The van der Waals surface area contributed by atoms with Crippen LogP contribution in [0, 0.1) is 5.92 Å². The van der Waals surface area contributed by atoms with Crippen LogP contribution in [0.4, 0.5) is 4.79 Å². The van der Waals surface area contributed by atoms with E-state index in [1.807, 2.05) is 0 Å². The first-order valence-corrected chi connectivity index (χ1v) is 4.32. The number of nitrogens with two attached hydrogens (primary N) is 1. The van der Waals surface area contributed by atoms with Crippen LogP contribution < -0.4 is 5.73 Å². The maximum absolute atomic E-state index is 10.2. The minimum atomic E-state index is -1.16. The zero-order valence-corrected chi connectivity index (χ0v) is 7.03. The van der Waals surface area contributed by atoms with Gasteiger partial charge in [0.25, 0.3) is 0 Å². The van der Waals surface area contributed by atoms with E-state index in [0.29, 0.717) is 12.5 Å². The second-order valence-electron chi connectivity index (χ2n) is 3.26. The fourth-order valence-electron chi connectivity index (χ4n) is 1.63. The van der Waals surface area contributed by atoms with Crippen molar-refractivity contribution in [2.24, 2.45) is 11.7 Å². The molecular formula is C8H15NO3. The molecule has 4 nitrogen and oxygen atoms in total. The van der Waals surface area contributed by atoms with Gasteiger partial charge in [-0.05, 0) is 38.1 Å². The lowest BCUT2D eigenvalue weighted by molar-refractivity contribution is 0.0290. The standard InChI is InChI=1S/C8H15NO3/c9-5-6-1-3-7(4-2-6)12-8(10)11/h6-7H,1-5,9H2,(H,10,11)/t6-,7-. The van der Waals surface area contributed by atoms with E-state index in [1.54, 1.807) is 0 Å². The molecule has 1 saturated carbocycles. The third-order valence-corrected chi connectivity index (χ3v) is 2.39. The van der Waals surface area contributed by atoms with E-state index >= 15 is 0 Å². The van der Waals surface area contributed by atoms with E-state index in [2.05, 4.69) is 4.74 Å². The number of rotatable bonds is 2. The van der Waals surface area contributed by atoms with Gasteiger partial charge in [0.05, 0.1) is 0 Å². The van der Waals surface area contributed by atoms with Crippen molar-refractivity contribution in [3.05, 3.63) is 0 Å². The molecule has 1 aliphatic rings. The van der Waals surface area contributed by atoms with Crippen LogP contribution in [0.1, 0.15) is 25.7 Å². The van der Waals surface area contributed by atoms with Crippen molar-refractivity contribution in [3.8, 4) is 0 Å². The highest BCUT2D eigenvalue weighted by atomic mass is 16.7. The van der Waals surface area contributed by atoms with Gasteiger partial charge in [0, 0.05) is 0 Å². The summed E-state index contributed by atoms with van der Waals surface area (Å²) >= 11 is 0. The average Bonchev–Trinajstić information content (AvgIpc) is 2.05. The van der Waals surface area contributed by atoms with Gasteiger partial charge in [0.1, 0.15) is 6.10 Å². The fourth-order valence-corrected chi connectivity index (χ4v) is 1.63. The molecule has 0 heterocycles. The second kappa shape index (κ2) is 4.30. The lowest BCUT2D eigenvalue weighted by Crippen LogP contribution is -2.27. The Bertz CT molecular complexity index is 152. The third kappa shape index (κ3) is 2.70. The summed E-state index contributed by atoms with van der Waals surface area (Å²) in [6, 6.07) is 0. The number of carboxylic acid groups (broad SMARTS) is 1. The second-order valence-corrected chi connectivity index (χ2v) is 3.26. The maximum atomic E-state index is 10.2. The molecule has 0 spiro atoms. The van der Waals surface area contributed by atoms with Crippen LogP contribution in [-0.2, 0) is 4.74 Å². The Kier molecular flexibility index (Phi) is 3.34. The van der Waals surface area contributed by atoms with Crippen molar-refractivity contribution in [2.75, 3.05) is 6.54 Å². The molecule has 3 N–H and O–H groups in total. The molecule has 0 atom stereocenters. The molecule has 0 aromatic rings. The molecule has 0 aromatic heterocycles. The summed E-state index contributed by atoms with van der Waals surface area (Å²) in [5, 5.41) is 8.34. The van der Waals surface area contributed by atoms with E-state index in [0.717, 1.165) is 25.7 Å². The van der Waals surface area contributed by atoms with Gasteiger partial charge in [-0.25, -0.2) is 4.79 Å². The molecule has 1 rings (SSSR count). The van der Waals surface area contributed by atoms with Crippen molar-refractivity contribution in [1.29, 1.82) is 0 Å². The normalized spacial score (nSPS) is 29.8. The summed E-state index contributed by atoms with van der Waals surface area (Å²) in [6.07, 6.45) is 2.39. The molecule has 0 saturated heterocycles. The fraction of sp³-hybridized carbons (Fsp3) is 0.875. The molecule has 1 aliphatic carbocycles. The van der Waals surface area contributed by atoms with Gasteiger partial charge in [-0.1, -0.05) is 0 Å².